The third kappa shape index (κ3) is 7.02. The van der Waals surface area contributed by atoms with Crippen molar-refractivity contribution in [1.82, 2.24) is 0 Å². The quantitative estimate of drug-likeness (QED) is 0.0711. The molecule has 1 aliphatic heterocycles. The molecule has 4 aromatic rings. The molecule has 0 saturated carbocycles. The average Bonchev–Trinajstić information content (AvgIpc) is 3.42. The Morgan fingerprint density at radius 1 is 0.837 bits per heavy atom. The number of non-ortho nitro benzene ring substituents is 1. The summed E-state index contributed by atoms with van der Waals surface area (Å²) in [5.74, 6) is -2.35. The van der Waals surface area contributed by atoms with Crippen molar-refractivity contribution in [3.8, 4) is 16.9 Å². The summed E-state index contributed by atoms with van der Waals surface area (Å²) in [6.45, 7) is -0.382. The lowest BCUT2D eigenvalue weighted by Crippen LogP contribution is -2.27. The van der Waals surface area contributed by atoms with Crippen LogP contribution in [0.15, 0.2) is 102 Å². The van der Waals surface area contributed by atoms with Gasteiger partial charge in [-0.1, -0.05) is 28.1 Å². The highest BCUT2D eigenvalue weighted by molar-refractivity contribution is 9.10. The van der Waals surface area contributed by atoms with Crippen LogP contribution >= 0.6 is 15.9 Å². The smallest absolute Gasteiger partial charge is 0.343 e. The van der Waals surface area contributed by atoms with E-state index in [4.69, 9.17) is 9.47 Å². The van der Waals surface area contributed by atoms with Gasteiger partial charge in [0, 0.05) is 40.8 Å². The van der Waals surface area contributed by atoms with Crippen molar-refractivity contribution < 1.29 is 33.6 Å². The zero-order valence-electron chi connectivity index (χ0n) is 22.5. The predicted molar refractivity (Wildman–Crippen MR) is 160 cm³/mol. The summed E-state index contributed by atoms with van der Waals surface area (Å²) in [5.41, 5.74) is 2.84. The number of carbonyl (C=O) groups excluding carboxylic acids is 4. The zero-order valence-corrected chi connectivity index (χ0v) is 24.1. The molecule has 11 heteroatoms. The molecule has 0 radical (unpaired) electrons. The standard InChI is InChI=1S/C32H23BrN2O8/c33-25-9-1-23(2-10-25)32(39)43-28-15-7-22(8-16-28)29(36)19-42-31(38)24-17-30(37)34(18-24)26-11-3-20(4-12-26)21-5-13-27(14-6-21)35(40)41/h1-16,24H,17-19H2/t24-/m1/s1. The number of nitrogens with zero attached hydrogens (tertiary/aromatic N) is 2. The van der Waals surface area contributed by atoms with E-state index in [0.29, 0.717) is 11.3 Å². The third-order valence-corrected chi connectivity index (χ3v) is 7.39. The van der Waals surface area contributed by atoms with Crippen LogP contribution in [0.5, 0.6) is 5.75 Å². The van der Waals surface area contributed by atoms with Crippen molar-refractivity contribution >= 4 is 50.9 Å². The molecule has 0 bridgehead atoms. The maximum absolute atomic E-state index is 12.7. The first kappa shape index (κ1) is 29.3. The number of carbonyl (C=O) groups is 4. The van der Waals surface area contributed by atoms with Gasteiger partial charge >= 0.3 is 11.9 Å². The van der Waals surface area contributed by atoms with Gasteiger partial charge in [0.15, 0.2) is 12.4 Å². The van der Waals surface area contributed by atoms with Crippen LogP contribution < -0.4 is 9.64 Å². The van der Waals surface area contributed by atoms with E-state index in [2.05, 4.69) is 15.9 Å². The summed E-state index contributed by atoms with van der Waals surface area (Å²) in [5, 5.41) is 10.9. The van der Waals surface area contributed by atoms with Crippen molar-refractivity contribution in [2.45, 2.75) is 6.42 Å². The molecular formula is C32H23BrN2O8. The summed E-state index contributed by atoms with van der Waals surface area (Å²) in [6, 6.07) is 25.8. The monoisotopic (exact) mass is 642 g/mol. The van der Waals surface area contributed by atoms with Crippen LogP contribution in [0.4, 0.5) is 11.4 Å². The minimum Gasteiger partial charge on any atom is -0.457 e. The second kappa shape index (κ2) is 12.8. The Morgan fingerprint density at radius 3 is 2.02 bits per heavy atom. The Kier molecular flexibility index (Phi) is 8.72. The number of benzene rings is 4. The Morgan fingerprint density at radius 2 is 1.42 bits per heavy atom. The molecule has 10 nitrogen and oxygen atoms in total. The average molecular weight is 643 g/mol. The number of Topliss-reactive ketones (excluding diaryl/α,β-unsaturated/α-hetero) is 1. The summed E-state index contributed by atoms with van der Waals surface area (Å²) < 4.78 is 11.4. The molecule has 1 aliphatic rings. The van der Waals surface area contributed by atoms with Gasteiger partial charge in [0.05, 0.1) is 16.4 Å². The topological polar surface area (TPSA) is 133 Å². The third-order valence-electron chi connectivity index (χ3n) is 6.86. The van der Waals surface area contributed by atoms with Crippen LogP contribution in [0, 0.1) is 16.0 Å². The molecule has 1 fully saturated rings. The van der Waals surface area contributed by atoms with Gasteiger partial charge in [-0.3, -0.25) is 24.5 Å². The molecule has 0 unspecified atom stereocenters. The molecule has 5 rings (SSSR count). The second-order valence-corrected chi connectivity index (χ2v) is 10.6. The number of rotatable bonds is 9. The first-order chi connectivity index (χ1) is 20.7. The molecule has 4 aromatic carbocycles. The van der Waals surface area contributed by atoms with Crippen molar-refractivity contribution in [3.63, 3.8) is 0 Å². The van der Waals surface area contributed by atoms with Crippen LogP contribution in [0.3, 0.4) is 0 Å². The van der Waals surface area contributed by atoms with E-state index in [1.54, 1.807) is 60.7 Å². The molecule has 0 spiro atoms. The van der Waals surface area contributed by atoms with Crippen LogP contribution in [0.25, 0.3) is 11.1 Å². The lowest BCUT2D eigenvalue weighted by Gasteiger charge is -2.17. The molecule has 1 atom stereocenters. The van der Waals surface area contributed by atoms with E-state index in [1.807, 2.05) is 0 Å². The number of anilines is 1. The molecule has 43 heavy (non-hydrogen) atoms. The fourth-order valence-electron chi connectivity index (χ4n) is 4.52. The fourth-order valence-corrected chi connectivity index (χ4v) is 4.79. The maximum Gasteiger partial charge on any atom is 0.343 e. The highest BCUT2D eigenvalue weighted by Gasteiger charge is 2.36. The Bertz CT molecular complexity index is 1690. The van der Waals surface area contributed by atoms with Crippen molar-refractivity contribution in [1.29, 1.82) is 0 Å². The van der Waals surface area contributed by atoms with E-state index < -0.39 is 35.2 Å². The zero-order chi connectivity index (χ0) is 30.5. The molecule has 1 amide bonds. The van der Waals surface area contributed by atoms with Gasteiger partial charge in [0.25, 0.3) is 5.69 Å². The van der Waals surface area contributed by atoms with E-state index in [1.165, 1.54) is 41.3 Å². The largest absolute Gasteiger partial charge is 0.457 e. The van der Waals surface area contributed by atoms with Gasteiger partial charge in [-0.15, -0.1) is 0 Å². The number of nitro benzene ring substituents is 1. The van der Waals surface area contributed by atoms with Crippen LogP contribution in [0.1, 0.15) is 27.1 Å². The number of nitro groups is 1. The summed E-state index contributed by atoms with van der Waals surface area (Å²) in [4.78, 5) is 62.1. The number of hydrogen-bond donors (Lipinski definition) is 0. The first-order valence-electron chi connectivity index (χ1n) is 13.1. The van der Waals surface area contributed by atoms with E-state index in [0.717, 1.165) is 15.6 Å². The Labute approximate surface area is 254 Å². The SMILES string of the molecule is O=C(COC(=O)[C@@H]1CC(=O)N(c2ccc(-c3ccc([N+](=O)[O-])cc3)cc2)C1)c1ccc(OC(=O)c2ccc(Br)cc2)cc1. The maximum atomic E-state index is 12.7. The molecular weight excluding hydrogens is 620 g/mol. The van der Waals surface area contributed by atoms with Crippen LogP contribution in [0.2, 0.25) is 0 Å². The molecule has 1 heterocycles. The highest BCUT2D eigenvalue weighted by atomic mass is 79.9. The van der Waals surface area contributed by atoms with Crippen molar-refractivity contribution in [2.24, 2.45) is 5.92 Å². The van der Waals surface area contributed by atoms with Gasteiger partial charge in [-0.05, 0) is 83.9 Å². The first-order valence-corrected chi connectivity index (χ1v) is 13.9. The fraction of sp³-hybridized carbons (Fsp3) is 0.125. The Hall–Kier alpha value is -5.16. The molecule has 216 valence electrons. The molecule has 0 N–H and O–H groups in total. The van der Waals surface area contributed by atoms with Gasteiger partial charge in [0.2, 0.25) is 5.91 Å². The van der Waals surface area contributed by atoms with Gasteiger partial charge in [0.1, 0.15) is 5.75 Å². The Balaban J connectivity index is 1.12. The van der Waals surface area contributed by atoms with Crippen LogP contribution in [-0.2, 0) is 14.3 Å². The predicted octanol–water partition coefficient (Wildman–Crippen LogP) is 6.02. The van der Waals surface area contributed by atoms with Gasteiger partial charge < -0.3 is 14.4 Å². The lowest BCUT2D eigenvalue weighted by molar-refractivity contribution is -0.384. The minimum atomic E-state index is -0.727. The minimum absolute atomic E-state index is 0.00349. The summed E-state index contributed by atoms with van der Waals surface area (Å²) in [7, 11) is 0. The second-order valence-electron chi connectivity index (χ2n) is 9.71. The van der Waals surface area contributed by atoms with E-state index >= 15 is 0 Å². The van der Waals surface area contributed by atoms with Gasteiger partial charge in [-0.2, -0.15) is 0 Å². The van der Waals surface area contributed by atoms with Crippen molar-refractivity contribution in [3.05, 3.63) is 123 Å². The van der Waals surface area contributed by atoms with E-state index in [-0.39, 0.29) is 35.9 Å². The van der Waals surface area contributed by atoms with Crippen LogP contribution in [-0.4, -0.2) is 41.7 Å². The number of amides is 1. The molecule has 0 aromatic heterocycles. The number of hydrogen-bond acceptors (Lipinski definition) is 8. The number of ketones is 1. The van der Waals surface area contributed by atoms with E-state index in [9.17, 15) is 29.3 Å². The molecule has 1 saturated heterocycles. The van der Waals surface area contributed by atoms with Gasteiger partial charge in [-0.25, -0.2) is 4.79 Å². The van der Waals surface area contributed by atoms with Crippen molar-refractivity contribution in [2.75, 3.05) is 18.1 Å². The number of ether oxygens (including phenoxy) is 2. The highest BCUT2D eigenvalue weighted by Crippen LogP contribution is 2.29. The summed E-state index contributed by atoms with van der Waals surface area (Å²) in [6.07, 6.45) is -0.0461. The summed E-state index contributed by atoms with van der Waals surface area (Å²) >= 11 is 3.31. The number of halogens is 1. The normalized spacial score (nSPS) is 14.3. The molecule has 0 aliphatic carbocycles. The number of esters is 2. The lowest BCUT2D eigenvalue weighted by atomic mass is 10.0.